The van der Waals surface area contributed by atoms with Crippen LogP contribution in [0.2, 0.25) is 0 Å². The van der Waals surface area contributed by atoms with Gasteiger partial charge in [-0.3, -0.25) is 9.59 Å². The van der Waals surface area contributed by atoms with Crippen molar-refractivity contribution in [2.75, 3.05) is 13.1 Å². The largest absolute Gasteiger partial charge is 0.508 e. The molecule has 0 fully saturated rings. The summed E-state index contributed by atoms with van der Waals surface area (Å²) in [5.41, 5.74) is 1.92. The molecule has 0 aliphatic heterocycles. The second-order valence-corrected chi connectivity index (χ2v) is 8.79. The molecule has 35 heavy (non-hydrogen) atoms. The fourth-order valence-corrected chi connectivity index (χ4v) is 3.70. The number of hydrogen-bond donors (Lipinski definition) is 3. The zero-order valence-corrected chi connectivity index (χ0v) is 20.8. The minimum Gasteiger partial charge on any atom is -0.508 e. The highest BCUT2D eigenvalue weighted by Crippen LogP contribution is 2.11. The van der Waals surface area contributed by atoms with Crippen LogP contribution in [-0.4, -0.2) is 30.0 Å². The molecule has 0 unspecified atom stereocenters. The molecule has 188 valence electrons. The maximum absolute atomic E-state index is 11.8. The average molecular weight is 477 g/mol. The molecule has 0 aliphatic carbocycles. The van der Waals surface area contributed by atoms with Crippen LogP contribution in [0.25, 0.3) is 12.2 Å². The summed E-state index contributed by atoms with van der Waals surface area (Å²) >= 11 is 0. The summed E-state index contributed by atoms with van der Waals surface area (Å²) in [4.78, 5) is 23.6. The standard InChI is InChI=1S/C30H40N2O3/c33-28-20-16-27(17-21-28)19-23-30(35)32-25-13-8-6-4-2-1-3-5-7-12-24-31-29(34)22-18-26-14-10-9-11-15-26/h9-11,14-23,33H,1-8,12-13,24-25H2,(H,31,34)(H,32,35)/b22-18+,23-19+. The average Bonchev–Trinajstić information content (AvgIpc) is 2.88. The van der Waals surface area contributed by atoms with Gasteiger partial charge in [-0.1, -0.05) is 93.8 Å². The third kappa shape index (κ3) is 14.5. The van der Waals surface area contributed by atoms with Gasteiger partial charge in [0.1, 0.15) is 5.75 Å². The van der Waals surface area contributed by atoms with Crippen molar-refractivity contribution in [3.05, 3.63) is 77.9 Å². The monoisotopic (exact) mass is 476 g/mol. The Kier molecular flexibility index (Phi) is 14.4. The van der Waals surface area contributed by atoms with E-state index in [0.29, 0.717) is 6.54 Å². The molecule has 0 saturated carbocycles. The molecule has 0 aliphatic rings. The normalized spacial score (nSPS) is 11.2. The smallest absolute Gasteiger partial charge is 0.243 e. The predicted molar refractivity (Wildman–Crippen MR) is 145 cm³/mol. The van der Waals surface area contributed by atoms with Gasteiger partial charge < -0.3 is 15.7 Å². The number of nitrogens with one attached hydrogen (secondary N) is 2. The third-order valence-corrected chi connectivity index (χ3v) is 5.75. The summed E-state index contributed by atoms with van der Waals surface area (Å²) in [6.45, 7) is 1.44. The van der Waals surface area contributed by atoms with E-state index in [9.17, 15) is 14.7 Å². The summed E-state index contributed by atoms with van der Waals surface area (Å²) in [5.74, 6) is 0.109. The zero-order valence-electron chi connectivity index (χ0n) is 20.8. The number of hydrogen-bond acceptors (Lipinski definition) is 3. The van der Waals surface area contributed by atoms with Gasteiger partial charge in [0.2, 0.25) is 11.8 Å². The topological polar surface area (TPSA) is 78.4 Å². The highest BCUT2D eigenvalue weighted by molar-refractivity contribution is 5.92. The van der Waals surface area contributed by atoms with E-state index in [4.69, 9.17) is 0 Å². The number of phenols is 1. The van der Waals surface area contributed by atoms with Gasteiger partial charge in [0, 0.05) is 25.2 Å². The Hall–Kier alpha value is -3.34. The van der Waals surface area contributed by atoms with Crippen LogP contribution in [0.5, 0.6) is 5.75 Å². The van der Waals surface area contributed by atoms with E-state index >= 15 is 0 Å². The summed E-state index contributed by atoms with van der Waals surface area (Å²) in [6, 6.07) is 16.6. The molecule has 0 aromatic heterocycles. The highest BCUT2D eigenvalue weighted by Gasteiger charge is 1.98. The summed E-state index contributed by atoms with van der Waals surface area (Å²) in [7, 11) is 0. The van der Waals surface area contributed by atoms with Crippen molar-refractivity contribution < 1.29 is 14.7 Å². The van der Waals surface area contributed by atoms with Crippen LogP contribution in [0.3, 0.4) is 0 Å². The molecule has 0 heterocycles. The molecular formula is C30H40N2O3. The third-order valence-electron chi connectivity index (χ3n) is 5.75. The first-order valence-corrected chi connectivity index (χ1v) is 12.9. The van der Waals surface area contributed by atoms with Crippen LogP contribution in [0, 0.1) is 0 Å². The van der Waals surface area contributed by atoms with Gasteiger partial charge in [0.25, 0.3) is 0 Å². The number of aromatic hydroxyl groups is 1. The first-order valence-electron chi connectivity index (χ1n) is 12.9. The number of unbranched alkanes of at least 4 members (excludes halogenated alkanes) is 9. The lowest BCUT2D eigenvalue weighted by Gasteiger charge is -2.04. The summed E-state index contributed by atoms with van der Waals surface area (Å²) in [5, 5.41) is 15.1. The SMILES string of the molecule is O=C(/C=C/c1ccccc1)NCCCCCCCCCCCCNC(=O)/C=C/c1ccc(O)cc1. The Morgan fingerprint density at radius 1 is 0.571 bits per heavy atom. The van der Waals surface area contributed by atoms with Crippen LogP contribution < -0.4 is 10.6 Å². The quantitative estimate of drug-likeness (QED) is 0.186. The van der Waals surface area contributed by atoms with Crippen molar-refractivity contribution in [1.82, 2.24) is 10.6 Å². The molecule has 0 atom stereocenters. The van der Waals surface area contributed by atoms with Crippen molar-refractivity contribution in [2.24, 2.45) is 0 Å². The number of carbonyl (C=O) groups is 2. The molecule has 2 amide bonds. The molecule has 2 rings (SSSR count). The number of carbonyl (C=O) groups excluding carboxylic acids is 2. The zero-order chi connectivity index (χ0) is 25.0. The summed E-state index contributed by atoms with van der Waals surface area (Å²) in [6.07, 6.45) is 18.5. The number of benzene rings is 2. The van der Waals surface area contributed by atoms with Gasteiger partial charge in [-0.25, -0.2) is 0 Å². The van der Waals surface area contributed by atoms with Crippen molar-refractivity contribution in [1.29, 1.82) is 0 Å². The Morgan fingerprint density at radius 2 is 0.971 bits per heavy atom. The molecule has 2 aromatic rings. The molecule has 2 aromatic carbocycles. The lowest BCUT2D eigenvalue weighted by Crippen LogP contribution is -2.21. The molecule has 3 N–H and O–H groups in total. The Labute approximate surface area is 210 Å². The predicted octanol–water partition coefficient (Wildman–Crippen LogP) is 6.25. The lowest BCUT2D eigenvalue weighted by atomic mass is 10.1. The summed E-state index contributed by atoms with van der Waals surface area (Å²) < 4.78 is 0. The number of rotatable bonds is 17. The van der Waals surface area contributed by atoms with Crippen LogP contribution in [0.4, 0.5) is 0 Å². The number of amides is 2. The molecular weight excluding hydrogens is 436 g/mol. The molecule has 5 heteroatoms. The molecule has 0 radical (unpaired) electrons. The molecule has 0 spiro atoms. The fourth-order valence-electron chi connectivity index (χ4n) is 3.70. The van der Waals surface area contributed by atoms with Crippen LogP contribution >= 0.6 is 0 Å². The minimum atomic E-state index is -0.0821. The van der Waals surface area contributed by atoms with Crippen molar-refractivity contribution in [2.45, 2.75) is 64.2 Å². The van der Waals surface area contributed by atoms with Gasteiger partial charge in [-0.05, 0) is 48.3 Å². The van der Waals surface area contributed by atoms with Gasteiger partial charge >= 0.3 is 0 Å². The maximum atomic E-state index is 11.8. The van der Waals surface area contributed by atoms with E-state index < -0.39 is 0 Å². The second kappa shape index (κ2) is 18.0. The van der Waals surface area contributed by atoms with E-state index in [-0.39, 0.29) is 17.6 Å². The van der Waals surface area contributed by atoms with E-state index in [2.05, 4.69) is 10.6 Å². The van der Waals surface area contributed by atoms with Gasteiger partial charge in [-0.15, -0.1) is 0 Å². The number of phenolic OH excluding ortho intramolecular Hbond substituents is 1. The van der Waals surface area contributed by atoms with E-state index in [1.54, 1.807) is 36.4 Å². The lowest BCUT2D eigenvalue weighted by molar-refractivity contribution is -0.117. The first-order chi connectivity index (χ1) is 17.1. The van der Waals surface area contributed by atoms with Crippen molar-refractivity contribution >= 4 is 24.0 Å². The van der Waals surface area contributed by atoms with E-state index in [1.165, 1.54) is 44.6 Å². The van der Waals surface area contributed by atoms with Gasteiger partial charge in [0.05, 0.1) is 0 Å². The Bertz CT molecular complexity index is 905. The molecule has 0 saturated heterocycles. The van der Waals surface area contributed by atoms with E-state index in [1.807, 2.05) is 36.4 Å². The molecule has 0 bridgehead atoms. The van der Waals surface area contributed by atoms with Crippen molar-refractivity contribution in [3.63, 3.8) is 0 Å². The Morgan fingerprint density at radius 3 is 1.43 bits per heavy atom. The maximum Gasteiger partial charge on any atom is 0.243 e. The van der Waals surface area contributed by atoms with E-state index in [0.717, 1.165) is 43.4 Å². The second-order valence-electron chi connectivity index (χ2n) is 8.79. The van der Waals surface area contributed by atoms with Gasteiger partial charge in [-0.2, -0.15) is 0 Å². The van der Waals surface area contributed by atoms with Gasteiger partial charge in [0.15, 0.2) is 0 Å². The minimum absolute atomic E-state index is 0.0287. The fraction of sp³-hybridized carbons (Fsp3) is 0.400. The van der Waals surface area contributed by atoms with Crippen LogP contribution in [0.1, 0.15) is 75.3 Å². The van der Waals surface area contributed by atoms with Crippen LogP contribution in [-0.2, 0) is 9.59 Å². The Balaban J connectivity index is 1.33. The highest BCUT2D eigenvalue weighted by atomic mass is 16.3. The first kappa shape index (κ1) is 27.9. The van der Waals surface area contributed by atoms with Crippen LogP contribution in [0.15, 0.2) is 66.7 Å². The molecule has 5 nitrogen and oxygen atoms in total. The van der Waals surface area contributed by atoms with Crippen molar-refractivity contribution in [3.8, 4) is 5.75 Å².